The van der Waals surface area contributed by atoms with Crippen LogP contribution in [-0.4, -0.2) is 21.0 Å². The maximum atomic E-state index is 13.7. The summed E-state index contributed by atoms with van der Waals surface area (Å²) in [4.78, 5) is 35.3. The zero-order valence-electron chi connectivity index (χ0n) is 16.1. The van der Waals surface area contributed by atoms with Crippen molar-refractivity contribution in [3.05, 3.63) is 89.0 Å². The number of halogens is 1. The predicted octanol–water partition coefficient (Wildman–Crippen LogP) is 4.81. The minimum atomic E-state index is -0.574. The lowest BCUT2D eigenvalue weighted by Crippen LogP contribution is -2.20. The number of hydrogen-bond donors (Lipinski definition) is 4. The van der Waals surface area contributed by atoms with Crippen LogP contribution in [0.1, 0.15) is 0 Å². The molecule has 0 spiro atoms. The van der Waals surface area contributed by atoms with E-state index in [1.807, 2.05) is 30.3 Å². The number of para-hydroxylation sites is 1. The van der Waals surface area contributed by atoms with Crippen LogP contribution in [-0.2, 0) is 0 Å². The minimum absolute atomic E-state index is 0.0837. The van der Waals surface area contributed by atoms with Crippen molar-refractivity contribution >= 4 is 28.4 Å². The van der Waals surface area contributed by atoms with Gasteiger partial charge < -0.3 is 20.6 Å². The number of aromatic nitrogens is 3. The van der Waals surface area contributed by atoms with Crippen LogP contribution in [0.3, 0.4) is 0 Å². The number of carbonyl (C=O) groups is 1. The summed E-state index contributed by atoms with van der Waals surface area (Å²) < 4.78 is 13.7. The van der Waals surface area contributed by atoms with Crippen molar-refractivity contribution < 1.29 is 9.18 Å². The van der Waals surface area contributed by atoms with Gasteiger partial charge in [-0.15, -0.1) is 0 Å². The first-order chi connectivity index (χ1) is 15.1. The molecule has 5 rings (SSSR count). The quantitative estimate of drug-likeness (QED) is 0.341. The molecule has 2 amide bonds. The van der Waals surface area contributed by atoms with E-state index in [2.05, 4.69) is 25.6 Å². The largest absolute Gasteiger partial charge is 0.338 e. The van der Waals surface area contributed by atoms with Crippen molar-refractivity contribution in [1.29, 1.82) is 0 Å². The average Bonchev–Trinajstić information content (AvgIpc) is 3.21. The first kappa shape index (κ1) is 18.6. The first-order valence-corrected chi connectivity index (χ1v) is 9.52. The summed E-state index contributed by atoms with van der Waals surface area (Å²) in [5.74, 6) is -0.0859. The number of carbonyl (C=O) groups excluding carboxylic acids is 1. The monoisotopic (exact) mass is 413 g/mol. The predicted molar refractivity (Wildman–Crippen MR) is 118 cm³/mol. The van der Waals surface area contributed by atoms with Crippen LogP contribution >= 0.6 is 0 Å². The second kappa shape index (κ2) is 7.42. The van der Waals surface area contributed by atoms with Gasteiger partial charge in [-0.05, 0) is 36.4 Å². The third-order valence-corrected chi connectivity index (χ3v) is 4.88. The van der Waals surface area contributed by atoms with Crippen LogP contribution in [0, 0.1) is 5.82 Å². The highest BCUT2D eigenvalue weighted by atomic mass is 19.1. The normalized spacial score (nSPS) is 11.0. The lowest BCUT2D eigenvalue weighted by molar-refractivity contribution is 0.262. The second-order valence-electron chi connectivity index (χ2n) is 6.94. The van der Waals surface area contributed by atoms with Gasteiger partial charge in [-0.25, -0.2) is 14.2 Å². The molecular weight excluding hydrogens is 397 g/mol. The fraction of sp³-hybridized carbons (Fsp3) is 0. The van der Waals surface area contributed by atoms with Crippen LogP contribution in [0.25, 0.3) is 33.7 Å². The number of imidazole rings is 1. The van der Waals surface area contributed by atoms with Crippen LogP contribution < -0.4 is 16.2 Å². The van der Waals surface area contributed by atoms with E-state index >= 15 is 0 Å². The van der Waals surface area contributed by atoms with Gasteiger partial charge in [0.05, 0.1) is 22.3 Å². The molecule has 0 radical (unpaired) electrons. The maximum absolute atomic E-state index is 13.7. The van der Waals surface area contributed by atoms with Gasteiger partial charge in [0, 0.05) is 16.9 Å². The third kappa shape index (κ3) is 3.51. The molecule has 0 fully saturated rings. The molecule has 152 valence electrons. The highest BCUT2D eigenvalue weighted by Crippen LogP contribution is 2.29. The van der Waals surface area contributed by atoms with Crippen molar-refractivity contribution in [2.24, 2.45) is 0 Å². The van der Waals surface area contributed by atoms with Crippen molar-refractivity contribution in [2.75, 3.05) is 10.6 Å². The summed E-state index contributed by atoms with van der Waals surface area (Å²) in [5.41, 5.74) is 3.56. The van der Waals surface area contributed by atoms with Crippen molar-refractivity contribution in [3.63, 3.8) is 0 Å². The summed E-state index contributed by atoms with van der Waals surface area (Å²) in [5, 5.41) is 5.14. The SMILES string of the molecule is O=C(Nc1ccc2nc(-c3c4cccccc-4[nH]c3=O)[nH]c2c1)Nc1ccccc1F. The Bertz CT molecular complexity index is 1460. The van der Waals surface area contributed by atoms with E-state index in [-0.39, 0.29) is 11.2 Å². The number of anilines is 2. The Morgan fingerprint density at radius 2 is 1.71 bits per heavy atom. The van der Waals surface area contributed by atoms with E-state index in [1.165, 1.54) is 12.1 Å². The number of aromatic amines is 2. The Balaban J connectivity index is 1.44. The molecule has 31 heavy (non-hydrogen) atoms. The molecule has 0 saturated carbocycles. The molecule has 0 saturated heterocycles. The maximum Gasteiger partial charge on any atom is 0.323 e. The van der Waals surface area contributed by atoms with Gasteiger partial charge in [0.25, 0.3) is 5.56 Å². The van der Waals surface area contributed by atoms with E-state index in [0.29, 0.717) is 28.1 Å². The number of amides is 2. The van der Waals surface area contributed by atoms with Gasteiger partial charge in [0.1, 0.15) is 11.6 Å². The topological polar surface area (TPSA) is 103 Å². The first-order valence-electron chi connectivity index (χ1n) is 9.52. The number of H-pyrrole nitrogens is 2. The van der Waals surface area contributed by atoms with Crippen molar-refractivity contribution in [1.82, 2.24) is 15.0 Å². The Kier molecular flexibility index (Phi) is 4.44. The molecular formula is C23H16FN5O2. The molecule has 0 atom stereocenters. The zero-order valence-corrected chi connectivity index (χ0v) is 16.1. The molecule has 3 aromatic rings. The Hall–Kier alpha value is -4.46. The molecule has 7 nitrogen and oxygen atoms in total. The highest BCUT2D eigenvalue weighted by Gasteiger charge is 2.19. The van der Waals surface area contributed by atoms with E-state index in [0.717, 1.165) is 11.3 Å². The fourth-order valence-electron chi connectivity index (χ4n) is 3.47. The highest BCUT2D eigenvalue weighted by molar-refractivity contribution is 6.01. The molecule has 0 unspecified atom stereocenters. The van der Waals surface area contributed by atoms with E-state index < -0.39 is 11.8 Å². The van der Waals surface area contributed by atoms with Crippen LogP contribution in [0.15, 0.2) is 77.6 Å². The van der Waals surface area contributed by atoms with Crippen LogP contribution in [0.4, 0.5) is 20.6 Å². The summed E-state index contributed by atoms with van der Waals surface area (Å²) >= 11 is 0. The van der Waals surface area contributed by atoms with Gasteiger partial charge in [0.15, 0.2) is 0 Å². The Morgan fingerprint density at radius 3 is 2.58 bits per heavy atom. The van der Waals surface area contributed by atoms with Crippen LogP contribution in [0.2, 0.25) is 0 Å². The number of urea groups is 1. The van der Waals surface area contributed by atoms with Crippen molar-refractivity contribution in [2.45, 2.75) is 0 Å². The number of nitrogens with zero attached hydrogens (tertiary/aromatic N) is 1. The zero-order chi connectivity index (χ0) is 21.4. The summed E-state index contributed by atoms with van der Waals surface area (Å²) in [6, 6.07) is 19.7. The van der Waals surface area contributed by atoms with Crippen molar-refractivity contribution in [3.8, 4) is 22.6 Å². The fourth-order valence-corrected chi connectivity index (χ4v) is 3.47. The minimum Gasteiger partial charge on any atom is -0.338 e. The van der Waals surface area contributed by atoms with Gasteiger partial charge in [0.2, 0.25) is 0 Å². The lowest BCUT2D eigenvalue weighted by Gasteiger charge is -2.08. The van der Waals surface area contributed by atoms with E-state index in [1.54, 1.807) is 30.3 Å². The molecule has 0 bridgehead atoms. The Morgan fingerprint density at radius 1 is 0.903 bits per heavy atom. The molecule has 1 aliphatic carbocycles. The number of hydrogen-bond acceptors (Lipinski definition) is 3. The molecule has 2 aliphatic rings. The van der Waals surface area contributed by atoms with Gasteiger partial charge in [-0.2, -0.15) is 0 Å². The number of fused-ring (bicyclic) bond motifs is 2. The van der Waals surface area contributed by atoms with E-state index in [4.69, 9.17) is 0 Å². The molecule has 1 aliphatic heterocycles. The summed E-state index contributed by atoms with van der Waals surface area (Å²) in [6.45, 7) is 0. The number of rotatable bonds is 3. The Labute approximate surface area is 175 Å². The molecule has 4 N–H and O–H groups in total. The van der Waals surface area contributed by atoms with Gasteiger partial charge >= 0.3 is 6.03 Å². The van der Waals surface area contributed by atoms with Crippen LogP contribution in [0.5, 0.6) is 0 Å². The number of nitrogens with one attached hydrogen (secondary N) is 4. The average molecular weight is 413 g/mol. The summed E-state index contributed by atoms with van der Waals surface area (Å²) in [6.07, 6.45) is 0. The molecule has 2 heterocycles. The second-order valence-corrected chi connectivity index (χ2v) is 6.94. The third-order valence-electron chi connectivity index (χ3n) is 4.88. The molecule has 8 heteroatoms. The molecule has 1 aromatic heterocycles. The summed E-state index contributed by atoms with van der Waals surface area (Å²) in [7, 11) is 0. The lowest BCUT2D eigenvalue weighted by atomic mass is 10.1. The van der Waals surface area contributed by atoms with Gasteiger partial charge in [-0.3, -0.25) is 4.79 Å². The standard InChI is InChI=1S/C23H16FN5O2/c24-15-7-4-5-9-17(15)29-23(31)25-13-10-11-18-19(12-13)27-21(26-18)20-14-6-2-1-3-8-16(14)28-22(20)30/h1-12H,(H,26,27)(H,28,30)(H2,25,29,31). The number of benzene rings is 2. The van der Waals surface area contributed by atoms with E-state index in [9.17, 15) is 14.0 Å². The smallest absolute Gasteiger partial charge is 0.323 e. The van der Waals surface area contributed by atoms with Gasteiger partial charge in [-0.1, -0.05) is 36.4 Å². The molecule has 2 aromatic carbocycles.